The van der Waals surface area contributed by atoms with E-state index in [0.717, 1.165) is 18.3 Å². The third-order valence-corrected chi connectivity index (χ3v) is 6.77. The Bertz CT molecular complexity index is 768. The number of hydrogen-bond donors (Lipinski definition) is 1. The van der Waals surface area contributed by atoms with Crippen molar-refractivity contribution < 1.29 is 6.22 Å². The molecule has 0 atom stereocenters. The summed E-state index contributed by atoms with van der Waals surface area (Å²) in [7, 11) is 0. The van der Waals surface area contributed by atoms with E-state index in [4.69, 9.17) is 0 Å². The highest BCUT2D eigenvalue weighted by atomic mass is 16.2. The largest absolute Gasteiger partial charge is 0.361 e. The molecule has 1 N–H and O–H groups in total. The summed E-state index contributed by atoms with van der Waals surface area (Å²) in [4.78, 5) is 18.6. The molecule has 2 aliphatic heterocycles. The van der Waals surface area contributed by atoms with E-state index >= 15 is 0 Å². The first kappa shape index (κ1) is 14.6. The van der Waals surface area contributed by atoms with Gasteiger partial charge in [-0.05, 0) is 74.5 Å². The van der Waals surface area contributed by atoms with E-state index in [2.05, 4.69) is 41.2 Å². The number of nitrogens with zero attached hydrogens (tertiary/aromatic N) is 1. The lowest BCUT2D eigenvalue weighted by Crippen LogP contribution is -2.59. The highest BCUT2D eigenvalue weighted by Gasteiger charge is 2.48. The summed E-state index contributed by atoms with van der Waals surface area (Å²) < 4.78 is 0. The summed E-state index contributed by atoms with van der Waals surface area (Å²) in [6.07, 6.45) is 10.1. The Morgan fingerprint density at radius 2 is 1.88 bits per heavy atom. The normalized spacial score (nSPS) is 31.1. The average molecular weight is 324 g/mol. The molecule has 24 heavy (non-hydrogen) atoms. The van der Waals surface area contributed by atoms with Crippen LogP contribution in [-0.2, 0) is 11.2 Å². The van der Waals surface area contributed by atoms with Gasteiger partial charge in [-0.1, -0.05) is 12.1 Å². The second-order valence-corrected chi connectivity index (χ2v) is 8.33. The molecule has 6 rings (SSSR count). The Labute approximate surface area is 144 Å². The van der Waals surface area contributed by atoms with Gasteiger partial charge in [-0.3, -0.25) is 4.79 Å². The number of nitrogens with one attached hydrogen (secondary N) is 1. The van der Waals surface area contributed by atoms with Crippen LogP contribution in [0, 0.1) is 18.8 Å². The fourth-order valence-electron chi connectivity index (χ4n) is 5.96. The van der Waals surface area contributed by atoms with E-state index in [0.29, 0.717) is 24.4 Å². The number of aryl methyl sites for hydroxylation is 2. The second-order valence-electron chi connectivity index (χ2n) is 8.33. The predicted octanol–water partition coefficient (Wildman–Crippen LogP) is 4.44. The number of carbonyl (C=O) groups excluding carboxylic acids is 1. The van der Waals surface area contributed by atoms with E-state index in [9.17, 15) is 4.79 Å². The van der Waals surface area contributed by atoms with Crippen LogP contribution < -0.4 is 0 Å². The zero-order valence-electron chi connectivity index (χ0n) is 14.4. The van der Waals surface area contributed by atoms with E-state index in [-0.39, 0.29) is 1.43 Å². The van der Waals surface area contributed by atoms with Crippen LogP contribution in [0.3, 0.4) is 0 Å². The maximum Gasteiger partial charge on any atom is 0.223 e. The topological polar surface area (TPSA) is 36.1 Å². The van der Waals surface area contributed by atoms with Gasteiger partial charge in [0.1, 0.15) is 0 Å². The molecule has 3 heteroatoms. The number of H-pyrrole nitrogens is 1. The van der Waals surface area contributed by atoms with Crippen LogP contribution >= 0.6 is 0 Å². The minimum Gasteiger partial charge on any atom is -0.361 e. The first-order valence-corrected chi connectivity index (χ1v) is 9.56. The van der Waals surface area contributed by atoms with Gasteiger partial charge in [-0.25, -0.2) is 0 Å². The van der Waals surface area contributed by atoms with Gasteiger partial charge in [-0.15, -0.1) is 0 Å². The molecule has 0 radical (unpaired) electrons. The summed E-state index contributed by atoms with van der Waals surface area (Å²) in [5.41, 5.74) is 3.78. The minimum absolute atomic E-state index is 0. The number of carbonyl (C=O) groups is 1. The molecule has 4 fully saturated rings. The Morgan fingerprint density at radius 1 is 1.17 bits per heavy atom. The third-order valence-electron chi connectivity index (χ3n) is 6.77. The summed E-state index contributed by atoms with van der Waals surface area (Å²) in [5, 5.41) is 1.31. The van der Waals surface area contributed by atoms with Gasteiger partial charge >= 0.3 is 0 Å². The lowest BCUT2D eigenvalue weighted by atomic mass is 9.63. The highest BCUT2D eigenvalue weighted by Crippen LogP contribution is 2.49. The molecule has 2 aliphatic carbocycles. The van der Waals surface area contributed by atoms with E-state index in [1.165, 1.54) is 54.1 Å². The molecule has 128 valence electrons. The van der Waals surface area contributed by atoms with Gasteiger partial charge in [-0.2, -0.15) is 0 Å². The molecule has 2 saturated heterocycles. The monoisotopic (exact) mass is 324 g/mol. The minimum atomic E-state index is 0. The Balaban J connectivity index is 0.00000157. The average Bonchev–Trinajstić information content (AvgIpc) is 2.96. The van der Waals surface area contributed by atoms with Crippen LogP contribution in [-0.4, -0.2) is 27.9 Å². The number of aromatic nitrogens is 1. The van der Waals surface area contributed by atoms with Gasteiger partial charge in [0.2, 0.25) is 5.91 Å². The predicted molar refractivity (Wildman–Crippen MR) is 98.0 cm³/mol. The Hall–Kier alpha value is -1.77. The number of benzene rings is 1. The maximum absolute atomic E-state index is 13.0. The number of rotatable bonds is 3. The van der Waals surface area contributed by atoms with Crippen LogP contribution in [0.2, 0.25) is 0 Å². The number of aromatic amines is 1. The molecule has 3 nitrogen and oxygen atoms in total. The van der Waals surface area contributed by atoms with E-state index < -0.39 is 0 Å². The molecule has 0 unspecified atom stereocenters. The smallest absolute Gasteiger partial charge is 0.223 e. The SMILES string of the molecule is Cc1cccc2[nH]cc(CCC(=O)N3C4CC5CC(C4)CC3C5)c12.[HH]. The lowest BCUT2D eigenvalue weighted by Gasteiger charge is -2.56. The molecule has 3 heterocycles. The molecular formula is C21H28N2O. The standard InChI is InChI=1S/C21H26N2O.H2/c1-13-3-2-4-19-21(13)16(12-22-19)5-6-20(24)23-17-8-14-7-15(10-17)11-18(23)9-14;/h2-4,12,14-15,17-18,22H,5-11H2,1H3;1H. The van der Waals surface area contributed by atoms with Crippen LogP contribution in [0.1, 0.15) is 51.1 Å². The summed E-state index contributed by atoms with van der Waals surface area (Å²) in [6.45, 7) is 2.16. The molecule has 2 saturated carbocycles. The van der Waals surface area contributed by atoms with Crippen LogP contribution in [0.4, 0.5) is 0 Å². The van der Waals surface area contributed by atoms with Crippen molar-refractivity contribution in [3.63, 3.8) is 0 Å². The second kappa shape index (κ2) is 5.37. The van der Waals surface area contributed by atoms with Gasteiger partial charge in [0.25, 0.3) is 0 Å². The highest BCUT2D eigenvalue weighted by molar-refractivity contribution is 5.87. The maximum atomic E-state index is 13.0. The van der Waals surface area contributed by atoms with Gasteiger partial charge in [0.05, 0.1) is 0 Å². The number of fused-ring (bicyclic) bond motifs is 1. The zero-order chi connectivity index (χ0) is 16.3. The number of piperidine rings is 2. The number of amides is 1. The first-order chi connectivity index (χ1) is 11.7. The molecule has 2 aromatic rings. The molecule has 1 aromatic heterocycles. The molecule has 1 aromatic carbocycles. The molecular weight excluding hydrogens is 296 g/mol. The molecule has 0 spiro atoms. The summed E-state index contributed by atoms with van der Waals surface area (Å²) >= 11 is 0. The van der Waals surface area contributed by atoms with Gasteiger partial charge < -0.3 is 9.88 Å². The van der Waals surface area contributed by atoms with Crippen molar-refractivity contribution in [3.8, 4) is 0 Å². The van der Waals surface area contributed by atoms with Gasteiger partial charge in [0, 0.05) is 37.0 Å². The summed E-state index contributed by atoms with van der Waals surface area (Å²) in [5.74, 6) is 2.22. The molecule has 1 amide bonds. The zero-order valence-corrected chi connectivity index (χ0v) is 14.4. The van der Waals surface area contributed by atoms with Crippen molar-refractivity contribution in [1.29, 1.82) is 0 Å². The Kier molecular flexibility index (Phi) is 3.26. The van der Waals surface area contributed by atoms with E-state index in [1.54, 1.807) is 0 Å². The van der Waals surface area contributed by atoms with Crippen molar-refractivity contribution in [1.82, 2.24) is 9.88 Å². The molecule has 4 aliphatic rings. The van der Waals surface area contributed by atoms with Crippen molar-refractivity contribution in [2.24, 2.45) is 11.8 Å². The third kappa shape index (κ3) is 2.21. The van der Waals surface area contributed by atoms with Crippen molar-refractivity contribution in [2.75, 3.05) is 0 Å². The van der Waals surface area contributed by atoms with Gasteiger partial charge in [0.15, 0.2) is 0 Å². The fourth-order valence-corrected chi connectivity index (χ4v) is 5.96. The summed E-state index contributed by atoms with van der Waals surface area (Å²) in [6, 6.07) is 7.47. The van der Waals surface area contributed by atoms with Crippen LogP contribution in [0.25, 0.3) is 10.9 Å². The van der Waals surface area contributed by atoms with E-state index in [1.807, 2.05) is 0 Å². The van der Waals surface area contributed by atoms with Crippen LogP contribution in [0.5, 0.6) is 0 Å². The first-order valence-electron chi connectivity index (χ1n) is 9.56. The van der Waals surface area contributed by atoms with Crippen molar-refractivity contribution in [3.05, 3.63) is 35.5 Å². The number of hydrogen-bond acceptors (Lipinski definition) is 1. The Morgan fingerprint density at radius 3 is 2.58 bits per heavy atom. The van der Waals surface area contributed by atoms with Crippen LogP contribution in [0.15, 0.2) is 24.4 Å². The molecule has 4 bridgehead atoms. The van der Waals surface area contributed by atoms with Crippen molar-refractivity contribution >= 4 is 16.8 Å². The lowest BCUT2D eigenvalue weighted by molar-refractivity contribution is -0.149. The van der Waals surface area contributed by atoms with Crippen molar-refractivity contribution in [2.45, 2.75) is 64.0 Å². The fraction of sp³-hybridized carbons (Fsp3) is 0.571. The quantitative estimate of drug-likeness (QED) is 0.890.